The van der Waals surface area contributed by atoms with Crippen LogP contribution in [0.2, 0.25) is 0 Å². The van der Waals surface area contributed by atoms with Crippen molar-refractivity contribution in [2.45, 2.75) is 19.8 Å². The predicted molar refractivity (Wildman–Crippen MR) is 81.5 cm³/mol. The number of rotatable bonds is 5. The average molecular weight is 288 g/mol. The van der Waals surface area contributed by atoms with E-state index in [1.165, 1.54) is 6.07 Å². The molecule has 0 spiro atoms. The van der Waals surface area contributed by atoms with E-state index >= 15 is 0 Å². The largest absolute Gasteiger partial charge is 0.382 e. The van der Waals surface area contributed by atoms with Crippen molar-refractivity contribution in [3.05, 3.63) is 46.1 Å². The lowest BCUT2D eigenvalue weighted by molar-refractivity contribution is 0.630. The van der Waals surface area contributed by atoms with E-state index < -0.39 is 11.4 Å². The number of hydrogen-bond donors (Lipinski definition) is 3. The monoisotopic (exact) mass is 288 g/mol. The standard InChI is InChI=1S/C15H17FN4O/c1-3-6-11(17)12-13(18-2)15(21)20-14(19-12)9-7-4-5-8-10(9)16/h4-5,7-8,17-18H,3,6H2,1-2H3,(H,19,20,21). The molecule has 0 aliphatic carbocycles. The van der Waals surface area contributed by atoms with Gasteiger partial charge in [0.1, 0.15) is 23.0 Å². The van der Waals surface area contributed by atoms with E-state index in [0.29, 0.717) is 6.42 Å². The lowest BCUT2D eigenvalue weighted by Gasteiger charge is -2.11. The highest BCUT2D eigenvalue weighted by atomic mass is 19.1. The number of nitrogens with zero attached hydrogens (tertiary/aromatic N) is 1. The molecule has 0 bridgehead atoms. The van der Waals surface area contributed by atoms with Crippen LogP contribution in [0.5, 0.6) is 0 Å². The highest BCUT2D eigenvalue weighted by molar-refractivity contribution is 6.01. The number of H-pyrrole nitrogens is 1. The number of benzene rings is 1. The second-order valence-electron chi connectivity index (χ2n) is 4.60. The van der Waals surface area contributed by atoms with Crippen LogP contribution in [0.4, 0.5) is 10.1 Å². The van der Waals surface area contributed by atoms with E-state index in [2.05, 4.69) is 15.3 Å². The Morgan fingerprint density at radius 2 is 2.14 bits per heavy atom. The SMILES string of the molecule is CCCC(=N)c1nc(-c2ccccc2F)[nH]c(=O)c1NC. The maximum Gasteiger partial charge on any atom is 0.275 e. The normalized spacial score (nSPS) is 10.4. The molecule has 0 radical (unpaired) electrons. The third-order valence-corrected chi connectivity index (χ3v) is 3.08. The van der Waals surface area contributed by atoms with Crippen molar-refractivity contribution in [3.8, 4) is 11.4 Å². The van der Waals surface area contributed by atoms with Crippen LogP contribution in [0.3, 0.4) is 0 Å². The summed E-state index contributed by atoms with van der Waals surface area (Å²) in [4.78, 5) is 18.9. The minimum absolute atomic E-state index is 0.132. The van der Waals surface area contributed by atoms with Crippen LogP contribution in [0.15, 0.2) is 29.1 Å². The zero-order valence-corrected chi connectivity index (χ0v) is 12.0. The molecule has 1 heterocycles. The first kappa shape index (κ1) is 14.9. The van der Waals surface area contributed by atoms with Gasteiger partial charge in [-0.15, -0.1) is 0 Å². The molecule has 1 aromatic heterocycles. The van der Waals surface area contributed by atoms with Gasteiger partial charge in [-0.05, 0) is 18.6 Å². The molecule has 6 heteroatoms. The summed E-state index contributed by atoms with van der Waals surface area (Å²) in [6.07, 6.45) is 1.27. The summed E-state index contributed by atoms with van der Waals surface area (Å²) in [6.45, 7) is 1.94. The quantitative estimate of drug-likeness (QED) is 0.740. The second kappa shape index (κ2) is 6.30. The van der Waals surface area contributed by atoms with Crippen molar-refractivity contribution in [2.75, 3.05) is 12.4 Å². The van der Waals surface area contributed by atoms with E-state index in [-0.39, 0.29) is 28.5 Å². The molecule has 0 atom stereocenters. The number of aromatic amines is 1. The maximum absolute atomic E-state index is 13.8. The predicted octanol–water partition coefficient (Wildman–Crippen LogP) is 2.79. The van der Waals surface area contributed by atoms with Gasteiger partial charge in [-0.3, -0.25) is 4.79 Å². The van der Waals surface area contributed by atoms with Gasteiger partial charge in [0, 0.05) is 7.05 Å². The first-order chi connectivity index (χ1) is 10.1. The van der Waals surface area contributed by atoms with Crippen LogP contribution in [0.25, 0.3) is 11.4 Å². The molecule has 3 N–H and O–H groups in total. The summed E-state index contributed by atoms with van der Waals surface area (Å²) < 4.78 is 13.8. The summed E-state index contributed by atoms with van der Waals surface area (Å²) >= 11 is 0. The smallest absolute Gasteiger partial charge is 0.275 e. The van der Waals surface area contributed by atoms with Crippen LogP contribution in [0.1, 0.15) is 25.5 Å². The zero-order chi connectivity index (χ0) is 15.4. The van der Waals surface area contributed by atoms with Crippen LogP contribution in [0, 0.1) is 11.2 Å². The Hall–Kier alpha value is -2.50. The third-order valence-electron chi connectivity index (χ3n) is 3.08. The van der Waals surface area contributed by atoms with Crippen LogP contribution >= 0.6 is 0 Å². The van der Waals surface area contributed by atoms with Crippen molar-refractivity contribution in [1.82, 2.24) is 9.97 Å². The van der Waals surface area contributed by atoms with Crippen molar-refractivity contribution in [3.63, 3.8) is 0 Å². The Balaban J connectivity index is 2.63. The minimum atomic E-state index is -0.467. The number of halogens is 1. The van der Waals surface area contributed by atoms with Crippen LogP contribution in [-0.4, -0.2) is 22.7 Å². The molecule has 1 aromatic carbocycles. The Kier molecular flexibility index (Phi) is 4.47. The summed E-state index contributed by atoms with van der Waals surface area (Å²) in [5.74, 6) is -0.334. The van der Waals surface area contributed by atoms with Gasteiger partial charge in [0.05, 0.1) is 11.3 Å². The van der Waals surface area contributed by atoms with E-state index in [4.69, 9.17) is 5.41 Å². The lowest BCUT2D eigenvalue weighted by Crippen LogP contribution is -2.20. The van der Waals surface area contributed by atoms with Gasteiger partial charge in [-0.2, -0.15) is 0 Å². The molecular formula is C15H17FN4O. The van der Waals surface area contributed by atoms with Crippen LogP contribution in [-0.2, 0) is 0 Å². The first-order valence-electron chi connectivity index (χ1n) is 6.73. The molecule has 5 nitrogen and oxygen atoms in total. The summed E-state index contributed by atoms with van der Waals surface area (Å²) in [5.41, 5.74) is 0.546. The summed E-state index contributed by atoms with van der Waals surface area (Å²) in [7, 11) is 1.59. The van der Waals surface area contributed by atoms with Gasteiger partial charge in [-0.25, -0.2) is 9.37 Å². The van der Waals surface area contributed by atoms with Gasteiger partial charge in [0.25, 0.3) is 5.56 Å². The molecule has 0 saturated heterocycles. The molecule has 0 aliphatic heterocycles. The second-order valence-corrected chi connectivity index (χ2v) is 4.60. The van der Waals surface area contributed by atoms with Gasteiger partial charge in [0.2, 0.25) is 0 Å². The van der Waals surface area contributed by atoms with E-state index in [9.17, 15) is 9.18 Å². The van der Waals surface area contributed by atoms with Crippen LogP contribution < -0.4 is 10.9 Å². The first-order valence-corrected chi connectivity index (χ1v) is 6.73. The molecule has 0 fully saturated rings. The molecule has 0 amide bonds. The highest BCUT2D eigenvalue weighted by Gasteiger charge is 2.16. The van der Waals surface area contributed by atoms with Gasteiger partial charge in [0.15, 0.2) is 0 Å². The minimum Gasteiger partial charge on any atom is -0.382 e. The summed E-state index contributed by atoms with van der Waals surface area (Å²) in [5, 5.41) is 10.8. The van der Waals surface area contributed by atoms with Gasteiger partial charge < -0.3 is 15.7 Å². The van der Waals surface area contributed by atoms with E-state index in [1.807, 2.05) is 6.92 Å². The van der Waals surface area contributed by atoms with Crippen molar-refractivity contribution >= 4 is 11.4 Å². The summed E-state index contributed by atoms with van der Waals surface area (Å²) in [6, 6.07) is 6.08. The Labute approximate surface area is 121 Å². The van der Waals surface area contributed by atoms with Gasteiger partial charge in [-0.1, -0.05) is 25.5 Å². The Morgan fingerprint density at radius 1 is 1.43 bits per heavy atom. The molecule has 0 unspecified atom stereocenters. The van der Waals surface area contributed by atoms with Gasteiger partial charge >= 0.3 is 0 Å². The van der Waals surface area contributed by atoms with Crippen molar-refractivity contribution < 1.29 is 4.39 Å². The highest BCUT2D eigenvalue weighted by Crippen LogP contribution is 2.20. The topological polar surface area (TPSA) is 81.6 Å². The molecule has 2 aromatic rings. The molecule has 0 aliphatic rings. The fourth-order valence-electron chi connectivity index (χ4n) is 2.07. The lowest BCUT2D eigenvalue weighted by atomic mass is 10.1. The average Bonchev–Trinajstić information content (AvgIpc) is 2.47. The molecule has 0 saturated carbocycles. The fourth-order valence-corrected chi connectivity index (χ4v) is 2.07. The number of nitrogens with one attached hydrogen (secondary N) is 3. The van der Waals surface area contributed by atoms with Crippen molar-refractivity contribution in [1.29, 1.82) is 5.41 Å². The third kappa shape index (κ3) is 2.99. The number of aromatic nitrogens is 2. The molecule has 2 rings (SSSR count). The zero-order valence-electron chi connectivity index (χ0n) is 12.0. The molecule has 21 heavy (non-hydrogen) atoms. The Bertz CT molecular complexity index is 724. The molecule has 110 valence electrons. The van der Waals surface area contributed by atoms with E-state index in [1.54, 1.807) is 25.2 Å². The molecular weight excluding hydrogens is 271 g/mol. The van der Waals surface area contributed by atoms with E-state index in [0.717, 1.165) is 6.42 Å². The number of anilines is 1. The fraction of sp³-hybridized carbons (Fsp3) is 0.267. The number of hydrogen-bond acceptors (Lipinski definition) is 4. The maximum atomic E-state index is 13.8. The van der Waals surface area contributed by atoms with Crippen molar-refractivity contribution in [2.24, 2.45) is 0 Å². The Morgan fingerprint density at radius 3 is 2.76 bits per heavy atom.